The minimum Gasteiger partial charge on any atom is -0.444 e. The second kappa shape index (κ2) is 6.21. The summed E-state index contributed by atoms with van der Waals surface area (Å²) in [6.07, 6.45) is 3.39. The molecule has 0 saturated carbocycles. The van der Waals surface area contributed by atoms with E-state index in [4.69, 9.17) is 8.83 Å². The van der Waals surface area contributed by atoms with Crippen molar-refractivity contribution < 1.29 is 8.83 Å². The van der Waals surface area contributed by atoms with Gasteiger partial charge in [-0.1, -0.05) is 30.2 Å². The molecule has 0 aliphatic carbocycles. The minimum absolute atomic E-state index is 0.405. The predicted octanol–water partition coefficient (Wildman–Crippen LogP) is 3.29. The lowest BCUT2D eigenvalue weighted by molar-refractivity contribution is 0.500. The van der Waals surface area contributed by atoms with Gasteiger partial charge < -0.3 is 14.2 Å². The van der Waals surface area contributed by atoms with Crippen molar-refractivity contribution in [1.82, 2.24) is 15.2 Å². The van der Waals surface area contributed by atoms with E-state index in [-0.39, 0.29) is 0 Å². The van der Waals surface area contributed by atoms with Gasteiger partial charge in [0.15, 0.2) is 0 Å². The number of anilines is 1. The average Bonchev–Trinajstić information content (AvgIpc) is 3.16. The van der Waals surface area contributed by atoms with Crippen LogP contribution in [0.4, 0.5) is 6.01 Å². The van der Waals surface area contributed by atoms with Gasteiger partial charge in [-0.3, -0.25) is 0 Å². The normalized spacial score (nSPS) is 10.7. The molecule has 6 heteroatoms. The Labute approximate surface area is 122 Å². The molecule has 0 radical (unpaired) electrons. The van der Waals surface area contributed by atoms with Crippen molar-refractivity contribution in [3.05, 3.63) is 48.2 Å². The summed E-state index contributed by atoms with van der Waals surface area (Å²) in [4.78, 5) is 4.42. The van der Waals surface area contributed by atoms with E-state index in [1.165, 1.54) is 0 Å². The number of hydrogen-bond donors (Lipinski definition) is 1. The highest BCUT2D eigenvalue weighted by Gasteiger charge is 2.08. The molecule has 1 aromatic carbocycles. The molecule has 0 aliphatic rings. The Balaban J connectivity index is 1.62. The van der Waals surface area contributed by atoms with Crippen LogP contribution in [0.1, 0.15) is 24.9 Å². The highest BCUT2D eigenvalue weighted by atomic mass is 16.4. The number of oxazole rings is 1. The lowest BCUT2D eigenvalue weighted by Crippen LogP contribution is -1.99. The molecule has 0 bridgehead atoms. The maximum Gasteiger partial charge on any atom is 0.315 e. The van der Waals surface area contributed by atoms with E-state index in [1.807, 2.05) is 30.3 Å². The topological polar surface area (TPSA) is 77.0 Å². The van der Waals surface area contributed by atoms with Gasteiger partial charge in [-0.15, -0.1) is 5.10 Å². The van der Waals surface area contributed by atoms with Gasteiger partial charge in [-0.25, -0.2) is 4.98 Å². The molecule has 1 N–H and O–H groups in total. The molecule has 0 amide bonds. The quantitative estimate of drug-likeness (QED) is 0.748. The first-order chi connectivity index (χ1) is 10.3. The smallest absolute Gasteiger partial charge is 0.315 e. The second-order valence-electron chi connectivity index (χ2n) is 4.61. The van der Waals surface area contributed by atoms with Crippen LogP contribution < -0.4 is 5.32 Å². The highest BCUT2D eigenvalue weighted by molar-refractivity contribution is 5.52. The number of hydrogen-bond acceptors (Lipinski definition) is 6. The molecule has 0 unspecified atom stereocenters. The Hall–Kier alpha value is -2.63. The monoisotopic (exact) mass is 284 g/mol. The molecule has 6 nitrogen and oxygen atoms in total. The molecule has 21 heavy (non-hydrogen) atoms. The van der Waals surface area contributed by atoms with Gasteiger partial charge in [0.25, 0.3) is 0 Å². The fourth-order valence-electron chi connectivity index (χ4n) is 1.91. The zero-order chi connectivity index (χ0) is 14.5. The van der Waals surface area contributed by atoms with Gasteiger partial charge in [0.2, 0.25) is 11.8 Å². The Bertz CT molecular complexity index is 691. The van der Waals surface area contributed by atoms with E-state index < -0.39 is 0 Å². The van der Waals surface area contributed by atoms with Crippen molar-refractivity contribution in [2.75, 3.05) is 5.32 Å². The Kier molecular flexibility index (Phi) is 3.95. The Morgan fingerprint density at radius 3 is 2.81 bits per heavy atom. The van der Waals surface area contributed by atoms with Crippen LogP contribution in [-0.4, -0.2) is 15.2 Å². The van der Waals surface area contributed by atoms with Gasteiger partial charge in [-0.2, -0.15) is 0 Å². The van der Waals surface area contributed by atoms with Gasteiger partial charge in [0.1, 0.15) is 6.26 Å². The summed E-state index contributed by atoms with van der Waals surface area (Å²) in [5.41, 5.74) is 1.73. The molecule has 3 rings (SSSR count). The van der Waals surface area contributed by atoms with E-state index in [9.17, 15) is 0 Å². The lowest BCUT2D eigenvalue weighted by Gasteiger charge is -1.96. The number of benzene rings is 1. The molecule has 0 saturated heterocycles. The fraction of sp³-hybridized carbons (Fsp3) is 0.267. The molecule has 0 spiro atoms. The standard InChI is InChI=1S/C15H16N4O2/c1-2-6-13-18-19-15(21-13)16-9-12-10-20-14(17-12)11-7-4-3-5-8-11/h3-5,7-8,10H,2,6,9H2,1H3,(H,16,19). The molecule has 2 aromatic heterocycles. The van der Waals surface area contributed by atoms with Crippen molar-refractivity contribution in [3.8, 4) is 11.5 Å². The van der Waals surface area contributed by atoms with Crippen LogP contribution in [0.25, 0.3) is 11.5 Å². The molecule has 108 valence electrons. The zero-order valence-electron chi connectivity index (χ0n) is 11.7. The number of aromatic nitrogens is 3. The number of nitrogens with zero attached hydrogens (tertiary/aromatic N) is 3. The van der Waals surface area contributed by atoms with Crippen molar-refractivity contribution in [2.24, 2.45) is 0 Å². The third kappa shape index (κ3) is 3.28. The fourth-order valence-corrected chi connectivity index (χ4v) is 1.91. The summed E-state index contributed by atoms with van der Waals surface area (Å²) in [7, 11) is 0. The highest BCUT2D eigenvalue weighted by Crippen LogP contribution is 2.18. The molecular formula is C15H16N4O2. The first kappa shape index (κ1) is 13.4. The summed E-state index contributed by atoms with van der Waals surface area (Å²) in [5.74, 6) is 1.25. The molecule has 0 atom stereocenters. The molecule has 0 aliphatic heterocycles. The largest absolute Gasteiger partial charge is 0.444 e. The molecular weight excluding hydrogens is 268 g/mol. The van der Waals surface area contributed by atoms with Crippen molar-refractivity contribution in [3.63, 3.8) is 0 Å². The van der Waals surface area contributed by atoms with Gasteiger partial charge in [-0.05, 0) is 18.6 Å². The van der Waals surface area contributed by atoms with Crippen molar-refractivity contribution >= 4 is 6.01 Å². The maximum atomic E-state index is 5.47. The van der Waals surface area contributed by atoms with Gasteiger partial charge in [0, 0.05) is 12.0 Å². The third-order valence-corrected chi connectivity index (χ3v) is 2.92. The lowest BCUT2D eigenvalue weighted by atomic mass is 10.2. The van der Waals surface area contributed by atoms with Crippen LogP contribution in [0.2, 0.25) is 0 Å². The number of aryl methyl sites for hydroxylation is 1. The van der Waals surface area contributed by atoms with Crippen molar-refractivity contribution in [1.29, 1.82) is 0 Å². The summed E-state index contributed by atoms with van der Waals surface area (Å²) >= 11 is 0. The second-order valence-corrected chi connectivity index (χ2v) is 4.61. The van der Waals surface area contributed by atoms with E-state index >= 15 is 0 Å². The van der Waals surface area contributed by atoms with Crippen LogP contribution in [-0.2, 0) is 13.0 Å². The van der Waals surface area contributed by atoms with E-state index in [2.05, 4.69) is 27.4 Å². The number of nitrogens with one attached hydrogen (secondary N) is 1. The van der Waals surface area contributed by atoms with Crippen LogP contribution in [0.5, 0.6) is 0 Å². The van der Waals surface area contributed by atoms with Crippen LogP contribution in [0.15, 0.2) is 45.4 Å². The summed E-state index contributed by atoms with van der Waals surface area (Å²) in [6, 6.07) is 10.2. The predicted molar refractivity (Wildman–Crippen MR) is 77.6 cm³/mol. The summed E-state index contributed by atoms with van der Waals surface area (Å²) in [5, 5.41) is 10.9. The first-order valence-corrected chi connectivity index (χ1v) is 6.91. The first-order valence-electron chi connectivity index (χ1n) is 6.91. The zero-order valence-corrected chi connectivity index (χ0v) is 11.7. The Morgan fingerprint density at radius 2 is 2.00 bits per heavy atom. The van der Waals surface area contributed by atoms with Gasteiger partial charge >= 0.3 is 6.01 Å². The minimum atomic E-state index is 0.405. The van der Waals surface area contributed by atoms with E-state index in [0.717, 1.165) is 24.1 Å². The van der Waals surface area contributed by atoms with Crippen molar-refractivity contribution in [2.45, 2.75) is 26.3 Å². The van der Waals surface area contributed by atoms with Crippen LogP contribution in [0.3, 0.4) is 0 Å². The van der Waals surface area contributed by atoms with E-state index in [0.29, 0.717) is 24.3 Å². The summed E-state index contributed by atoms with van der Waals surface area (Å²) in [6.45, 7) is 2.54. The summed E-state index contributed by atoms with van der Waals surface area (Å²) < 4.78 is 10.9. The molecule has 3 aromatic rings. The maximum absolute atomic E-state index is 5.47. The van der Waals surface area contributed by atoms with Gasteiger partial charge in [0.05, 0.1) is 12.2 Å². The molecule has 0 fully saturated rings. The molecule has 2 heterocycles. The van der Waals surface area contributed by atoms with Crippen LogP contribution in [0, 0.1) is 0 Å². The van der Waals surface area contributed by atoms with Crippen LogP contribution >= 0.6 is 0 Å². The SMILES string of the molecule is CCCc1nnc(NCc2coc(-c3ccccc3)n2)o1. The third-order valence-electron chi connectivity index (χ3n) is 2.92. The Morgan fingerprint density at radius 1 is 1.14 bits per heavy atom. The average molecular weight is 284 g/mol. The van der Waals surface area contributed by atoms with E-state index in [1.54, 1.807) is 6.26 Å². The number of rotatable bonds is 6.